The lowest BCUT2D eigenvalue weighted by Crippen LogP contribution is -2.01. The molecule has 0 unspecified atom stereocenters. The molecule has 0 spiro atoms. The zero-order valence-electron chi connectivity index (χ0n) is 9.59. The van der Waals surface area contributed by atoms with Crippen molar-refractivity contribution in [1.29, 1.82) is 0 Å². The second-order valence-electron chi connectivity index (χ2n) is 3.73. The van der Waals surface area contributed by atoms with E-state index in [-0.39, 0.29) is 5.56 Å². The van der Waals surface area contributed by atoms with Crippen LogP contribution < -0.4 is 0 Å². The highest BCUT2D eigenvalue weighted by Gasteiger charge is 2.08. The van der Waals surface area contributed by atoms with E-state index in [1.165, 1.54) is 28.3 Å². The minimum absolute atomic E-state index is 0.224. The van der Waals surface area contributed by atoms with Crippen LogP contribution in [0.25, 0.3) is 16.4 Å². The summed E-state index contributed by atoms with van der Waals surface area (Å²) in [7, 11) is 0. The van der Waals surface area contributed by atoms with Gasteiger partial charge in [0.2, 0.25) is 5.82 Å². The number of hydrogen-bond donors (Lipinski definition) is 1. The van der Waals surface area contributed by atoms with Gasteiger partial charge in [0.05, 0.1) is 16.1 Å². The van der Waals surface area contributed by atoms with Gasteiger partial charge >= 0.3 is 5.97 Å². The van der Waals surface area contributed by atoms with Crippen molar-refractivity contribution in [3.8, 4) is 16.4 Å². The molecule has 0 saturated heterocycles. The summed E-state index contributed by atoms with van der Waals surface area (Å²) in [5.74, 6) is -0.408. The molecule has 3 aromatic rings. The van der Waals surface area contributed by atoms with Crippen molar-refractivity contribution < 1.29 is 9.90 Å². The van der Waals surface area contributed by atoms with Gasteiger partial charge in [0, 0.05) is 0 Å². The van der Waals surface area contributed by atoms with Gasteiger partial charge in [-0.25, -0.2) is 4.79 Å². The lowest BCUT2D eigenvalue weighted by Gasteiger charge is -1.98. The monoisotopic (exact) mass is 272 g/mol. The van der Waals surface area contributed by atoms with Gasteiger partial charge in [-0.15, -0.1) is 26.3 Å². The van der Waals surface area contributed by atoms with Crippen LogP contribution in [0.1, 0.15) is 10.4 Å². The molecular weight excluding hydrogens is 264 g/mol. The van der Waals surface area contributed by atoms with E-state index in [0.29, 0.717) is 11.5 Å². The van der Waals surface area contributed by atoms with Gasteiger partial charge in [-0.1, -0.05) is 6.07 Å². The summed E-state index contributed by atoms with van der Waals surface area (Å²) < 4.78 is 0. The first-order valence-electron chi connectivity index (χ1n) is 5.42. The van der Waals surface area contributed by atoms with Gasteiger partial charge in [0.15, 0.2) is 0 Å². The Labute approximate surface area is 111 Å². The minimum atomic E-state index is -0.961. The number of hydrogen-bond acceptors (Lipinski definition) is 5. The normalized spacial score (nSPS) is 10.5. The summed E-state index contributed by atoms with van der Waals surface area (Å²) in [6, 6.07) is 10.1. The number of rotatable bonds is 3. The number of carboxylic acid groups (broad SMARTS) is 1. The van der Waals surface area contributed by atoms with E-state index in [2.05, 4.69) is 15.4 Å². The molecule has 6 nitrogen and oxygen atoms in total. The van der Waals surface area contributed by atoms with Crippen molar-refractivity contribution in [3.63, 3.8) is 0 Å². The number of benzene rings is 1. The molecule has 0 amide bonds. The number of carbonyl (C=O) groups is 1. The van der Waals surface area contributed by atoms with Crippen molar-refractivity contribution in [2.45, 2.75) is 0 Å². The molecule has 1 N–H and O–H groups in total. The van der Waals surface area contributed by atoms with Crippen molar-refractivity contribution >= 4 is 17.3 Å². The van der Waals surface area contributed by atoms with Gasteiger partial charge in [0.1, 0.15) is 0 Å². The lowest BCUT2D eigenvalue weighted by atomic mass is 10.2. The molecule has 0 aliphatic rings. The van der Waals surface area contributed by atoms with Crippen LogP contribution in [0.3, 0.4) is 0 Å². The van der Waals surface area contributed by atoms with Gasteiger partial charge in [-0.3, -0.25) is 0 Å². The summed E-state index contributed by atoms with van der Waals surface area (Å²) in [6.45, 7) is 0. The number of nitrogens with zero attached hydrogens (tertiary/aromatic N) is 4. The Morgan fingerprint density at radius 3 is 2.63 bits per heavy atom. The fraction of sp³-hybridized carbons (Fsp3) is 0. The van der Waals surface area contributed by atoms with E-state index >= 15 is 0 Å². The second-order valence-corrected chi connectivity index (χ2v) is 4.68. The van der Waals surface area contributed by atoms with E-state index in [1.54, 1.807) is 12.1 Å². The van der Waals surface area contributed by atoms with Crippen LogP contribution in [0.2, 0.25) is 0 Å². The van der Waals surface area contributed by atoms with E-state index in [9.17, 15) is 4.79 Å². The van der Waals surface area contributed by atoms with Crippen LogP contribution in [0.4, 0.5) is 0 Å². The SMILES string of the molecule is O=C(O)c1ccc(-n2nnc(-c3cccs3)n2)cc1. The Hall–Kier alpha value is -2.54. The van der Waals surface area contributed by atoms with Crippen LogP contribution in [0.5, 0.6) is 0 Å². The lowest BCUT2D eigenvalue weighted by molar-refractivity contribution is 0.0697. The molecule has 0 saturated carbocycles. The number of aromatic nitrogens is 4. The van der Waals surface area contributed by atoms with Crippen molar-refractivity contribution in [1.82, 2.24) is 20.2 Å². The summed E-state index contributed by atoms with van der Waals surface area (Å²) in [5, 5.41) is 22.9. The third kappa shape index (κ3) is 2.23. The first-order valence-corrected chi connectivity index (χ1v) is 6.29. The largest absolute Gasteiger partial charge is 0.478 e. The Balaban J connectivity index is 1.92. The van der Waals surface area contributed by atoms with Crippen molar-refractivity contribution in [2.75, 3.05) is 0 Å². The molecule has 3 rings (SSSR count). The molecule has 0 aliphatic heterocycles. The van der Waals surface area contributed by atoms with Crippen LogP contribution >= 0.6 is 11.3 Å². The Morgan fingerprint density at radius 2 is 2.00 bits per heavy atom. The fourth-order valence-corrected chi connectivity index (χ4v) is 2.21. The maximum atomic E-state index is 10.8. The van der Waals surface area contributed by atoms with Crippen molar-refractivity contribution in [3.05, 3.63) is 47.3 Å². The molecule has 2 aromatic heterocycles. The van der Waals surface area contributed by atoms with Gasteiger partial charge in [-0.05, 0) is 40.9 Å². The van der Waals surface area contributed by atoms with Crippen LogP contribution in [0, 0.1) is 0 Å². The third-order valence-electron chi connectivity index (χ3n) is 2.50. The zero-order chi connectivity index (χ0) is 13.2. The molecule has 0 fully saturated rings. The predicted molar refractivity (Wildman–Crippen MR) is 69.4 cm³/mol. The topological polar surface area (TPSA) is 80.9 Å². The molecule has 0 bridgehead atoms. The Morgan fingerprint density at radius 1 is 1.21 bits per heavy atom. The van der Waals surface area contributed by atoms with Gasteiger partial charge < -0.3 is 5.11 Å². The Bertz CT molecular complexity index is 704. The number of thiophene rings is 1. The highest BCUT2D eigenvalue weighted by molar-refractivity contribution is 7.13. The van der Waals surface area contributed by atoms with E-state index in [4.69, 9.17) is 5.11 Å². The summed E-state index contributed by atoms with van der Waals surface area (Å²) in [5.41, 5.74) is 0.891. The third-order valence-corrected chi connectivity index (χ3v) is 3.37. The van der Waals surface area contributed by atoms with E-state index < -0.39 is 5.97 Å². The molecule has 94 valence electrons. The maximum absolute atomic E-state index is 10.8. The Kier molecular flexibility index (Phi) is 2.81. The first-order chi connectivity index (χ1) is 9.24. The number of carboxylic acids is 1. The number of tetrazole rings is 1. The smallest absolute Gasteiger partial charge is 0.335 e. The summed E-state index contributed by atoms with van der Waals surface area (Å²) in [4.78, 5) is 13.1. The van der Waals surface area contributed by atoms with Crippen LogP contribution in [0.15, 0.2) is 41.8 Å². The molecular formula is C12H8N4O2S. The van der Waals surface area contributed by atoms with Crippen LogP contribution in [-0.2, 0) is 0 Å². The maximum Gasteiger partial charge on any atom is 0.335 e. The van der Waals surface area contributed by atoms with Crippen LogP contribution in [-0.4, -0.2) is 31.3 Å². The fourth-order valence-electron chi connectivity index (χ4n) is 1.57. The highest BCUT2D eigenvalue weighted by atomic mass is 32.1. The van der Waals surface area contributed by atoms with Gasteiger partial charge in [0.25, 0.3) is 0 Å². The summed E-state index contributed by atoms with van der Waals surface area (Å²) >= 11 is 1.53. The highest BCUT2D eigenvalue weighted by Crippen LogP contribution is 2.20. The molecule has 0 atom stereocenters. The molecule has 0 aliphatic carbocycles. The quantitative estimate of drug-likeness (QED) is 0.789. The molecule has 1 aromatic carbocycles. The minimum Gasteiger partial charge on any atom is -0.478 e. The molecule has 19 heavy (non-hydrogen) atoms. The predicted octanol–water partition coefficient (Wildman–Crippen LogP) is 2.09. The van der Waals surface area contributed by atoms with Crippen molar-refractivity contribution in [2.24, 2.45) is 0 Å². The second kappa shape index (κ2) is 4.62. The van der Waals surface area contributed by atoms with E-state index in [0.717, 1.165) is 4.88 Å². The average molecular weight is 272 g/mol. The molecule has 7 heteroatoms. The van der Waals surface area contributed by atoms with Gasteiger partial charge in [-0.2, -0.15) is 0 Å². The standard InChI is InChI=1S/C12H8N4O2S/c17-12(18)8-3-5-9(6-4-8)16-14-11(13-15-16)10-2-1-7-19-10/h1-7H,(H,17,18). The van der Waals surface area contributed by atoms with E-state index in [1.807, 2.05) is 17.5 Å². The molecule has 0 radical (unpaired) electrons. The average Bonchev–Trinajstić information content (AvgIpc) is 3.10. The first kappa shape index (κ1) is 11.5. The molecule has 2 heterocycles. The number of aromatic carboxylic acids is 1. The summed E-state index contributed by atoms with van der Waals surface area (Å²) in [6.07, 6.45) is 0. The zero-order valence-corrected chi connectivity index (χ0v) is 10.4.